The molecule has 0 aliphatic carbocycles. The molecule has 6 nitrogen and oxygen atoms in total. The van der Waals surface area contributed by atoms with Crippen molar-refractivity contribution in [2.75, 3.05) is 11.9 Å². The minimum absolute atomic E-state index is 0.0199. The fourth-order valence-electron chi connectivity index (χ4n) is 3.29. The summed E-state index contributed by atoms with van der Waals surface area (Å²) < 4.78 is 51.5. The largest absolute Gasteiger partial charge is 0.513 e. The van der Waals surface area contributed by atoms with E-state index in [9.17, 15) is 22.8 Å². The molecular weight excluding hydrogens is 401 g/mol. The second-order valence-electron chi connectivity index (χ2n) is 7.32. The maximum atomic E-state index is 13.7. The van der Waals surface area contributed by atoms with Gasteiger partial charge in [-0.05, 0) is 30.5 Å². The van der Waals surface area contributed by atoms with Gasteiger partial charge in [-0.2, -0.15) is 13.2 Å². The summed E-state index contributed by atoms with van der Waals surface area (Å²) in [6, 6.07) is 6.44. The summed E-state index contributed by atoms with van der Waals surface area (Å²) >= 11 is 0. The molecule has 0 amide bonds. The number of ether oxygens (including phenoxy) is 2. The zero-order valence-electron chi connectivity index (χ0n) is 16.6. The predicted molar refractivity (Wildman–Crippen MR) is 104 cm³/mol. The number of pyridine rings is 1. The van der Waals surface area contributed by atoms with Crippen molar-refractivity contribution < 1.29 is 27.4 Å². The zero-order chi connectivity index (χ0) is 22.1. The van der Waals surface area contributed by atoms with Crippen molar-refractivity contribution in [3.8, 4) is 0 Å². The number of aromatic amines is 1. The number of allylic oxidation sites excluding steroid dienone is 2. The van der Waals surface area contributed by atoms with Gasteiger partial charge in [0.2, 0.25) is 0 Å². The molecule has 2 aromatic rings. The van der Waals surface area contributed by atoms with Crippen molar-refractivity contribution in [3.05, 3.63) is 75.0 Å². The molecule has 0 spiro atoms. The van der Waals surface area contributed by atoms with Crippen LogP contribution in [0.1, 0.15) is 43.4 Å². The molecule has 2 heterocycles. The van der Waals surface area contributed by atoms with Crippen LogP contribution in [-0.4, -0.2) is 17.7 Å². The molecule has 0 bridgehead atoms. The third-order valence-electron chi connectivity index (χ3n) is 4.55. The van der Waals surface area contributed by atoms with Crippen LogP contribution in [0.25, 0.3) is 0 Å². The van der Waals surface area contributed by atoms with E-state index < -0.39 is 29.4 Å². The van der Waals surface area contributed by atoms with Crippen LogP contribution in [0, 0.1) is 5.92 Å². The number of aromatic nitrogens is 1. The van der Waals surface area contributed by atoms with Crippen molar-refractivity contribution in [1.82, 2.24) is 4.98 Å². The number of alkyl halides is 3. The van der Waals surface area contributed by atoms with E-state index in [2.05, 4.69) is 10.3 Å². The van der Waals surface area contributed by atoms with E-state index >= 15 is 0 Å². The Hall–Kier alpha value is -3.23. The molecule has 160 valence electrons. The zero-order valence-corrected chi connectivity index (χ0v) is 16.6. The summed E-state index contributed by atoms with van der Waals surface area (Å²) in [7, 11) is 0. The van der Waals surface area contributed by atoms with Crippen molar-refractivity contribution in [3.63, 3.8) is 0 Å². The van der Waals surface area contributed by atoms with Gasteiger partial charge in [-0.15, -0.1) is 0 Å². The van der Waals surface area contributed by atoms with Gasteiger partial charge >= 0.3 is 12.3 Å². The molecular formula is C21H21F3N2O4. The van der Waals surface area contributed by atoms with Crippen LogP contribution in [0.2, 0.25) is 0 Å². The van der Waals surface area contributed by atoms with Crippen LogP contribution in [0.15, 0.2) is 52.8 Å². The lowest BCUT2D eigenvalue weighted by atomic mass is 9.83. The fourth-order valence-corrected chi connectivity index (χ4v) is 3.29. The summed E-state index contributed by atoms with van der Waals surface area (Å²) in [5.74, 6) is -1.33. The Kier molecular flexibility index (Phi) is 5.91. The lowest BCUT2D eigenvalue weighted by molar-refractivity contribution is -0.138. The van der Waals surface area contributed by atoms with Crippen LogP contribution < -0.4 is 10.9 Å². The predicted octanol–water partition coefficient (Wildman–Crippen LogP) is 4.99. The standard InChI is InChI=1S/C21H21F3N2O4/c1-11(2)10-29-20(28)30-18-12(3)26-15-8-9-25-19(27)17(15)16(18)13-6-4-5-7-14(13)21(22,23)24/h4-9,11,16,26H,10H2,1-3H3,(H,25,27). The summed E-state index contributed by atoms with van der Waals surface area (Å²) in [5.41, 5.74) is -1.05. The third kappa shape index (κ3) is 4.34. The lowest BCUT2D eigenvalue weighted by Crippen LogP contribution is -2.29. The first kappa shape index (κ1) is 21.5. The monoisotopic (exact) mass is 422 g/mol. The number of carbonyl (C=O) groups excluding carboxylic acids is 1. The van der Waals surface area contributed by atoms with Crippen molar-refractivity contribution in [2.24, 2.45) is 5.92 Å². The maximum absolute atomic E-state index is 13.7. The highest BCUT2D eigenvalue weighted by Gasteiger charge is 2.40. The van der Waals surface area contributed by atoms with Gasteiger partial charge in [-0.1, -0.05) is 32.0 Å². The first-order chi connectivity index (χ1) is 14.1. The highest BCUT2D eigenvalue weighted by molar-refractivity contribution is 5.68. The van der Waals surface area contributed by atoms with Crippen LogP contribution in [0.5, 0.6) is 0 Å². The molecule has 9 heteroatoms. The minimum atomic E-state index is -4.67. The highest BCUT2D eigenvalue weighted by Crippen LogP contribution is 2.44. The number of hydrogen-bond donors (Lipinski definition) is 2. The SMILES string of the molecule is CC1=C(OC(=O)OCC(C)C)C(c2ccccc2C(F)(F)F)c2c(cc[nH]c2=O)N1. The number of anilines is 1. The van der Waals surface area contributed by atoms with Crippen LogP contribution in [0.3, 0.4) is 0 Å². The Bertz CT molecular complexity index is 1040. The first-order valence-electron chi connectivity index (χ1n) is 9.29. The van der Waals surface area contributed by atoms with Crippen molar-refractivity contribution in [1.29, 1.82) is 0 Å². The molecule has 0 saturated heterocycles. The molecule has 1 aliphatic heterocycles. The number of rotatable bonds is 4. The topological polar surface area (TPSA) is 80.4 Å². The van der Waals surface area contributed by atoms with Crippen LogP contribution in [0.4, 0.5) is 23.7 Å². The number of benzene rings is 1. The second-order valence-corrected chi connectivity index (χ2v) is 7.32. The maximum Gasteiger partial charge on any atom is 0.513 e. The van der Waals surface area contributed by atoms with Crippen molar-refractivity contribution in [2.45, 2.75) is 32.9 Å². The molecule has 2 N–H and O–H groups in total. The van der Waals surface area contributed by atoms with Gasteiger partial charge in [-0.25, -0.2) is 4.79 Å². The van der Waals surface area contributed by atoms with E-state index in [1.807, 2.05) is 13.8 Å². The number of halogens is 3. The van der Waals surface area contributed by atoms with Gasteiger partial charge in [0.25, 0.3) is 5.56 Å². The third-order valence-corrected chi connectivity index (χ3v) is 4.55. The van der Waals surface area contributed by atoms with Gasteiger partial charge in [0.1, 0.15) is 5.76 Å². The molecule has 30 heavy (non-hydrogen) atoms. The molecule has 1 atom stereocenters. The molecule has 3 rings (SSSR count). The Morgan fingerprint density at radius 3 is 2.57 bits per heavy atom. The molecule has 1 unspecified atom stereocenters. The smallest absolute Gasteiger partial charge is 0.434 e. The number of carbonyl (C=O) groups is 1. The van der Waals surface area contributed by atoms with Crippen molar-refractivity contribution >= 4 is 11.8 Å². The molecule has 1 aromatic heterocycles. The Morgan fingerprint density at radius 2 is 1.90 bits per heavy atom. The van der Waals surface area contributed by atoms with E-state index in [4.69, 9.17) is 9.47 Å². The minimum Gasteiger partial charge on any atom is -0.434 e. The number of fused-ring (bicyclic) bond motifs is 1. The Balaban J connectivity index is 2.16. The normalized spacial score (nSPS) is 16.2. The van der Waals surface area contributed by atoms with Gasteiger partial charge < -0.3 is 19.8 Å². The first-order valence-corrected chi connectivity index (χ1v) is 9.29. The Morgan fingerprint density at radius 1 is 1.20 bits per heavy atom. The molecule has 0 radical (unpaired) electrons. The molecule has 0 fully saturated rings. The van der Waals surface area contributed by atoms with Gasteiger partial charge in [0.05, 0.1) is 29.3 Å². The van der Waals surface area contributed by atoms with Crippen LogP contribution >= 0.6 is 0 Å². The molecule has 0 saturated carbocycles. The van der Waals surface area contributed by atoms with E-state index in [1.165, 1.54) is 30.5 Å². The Labute approximate surface area is 170 Å². The summed E-state index contributed by atoms with van der Waals surface area (Å²) in [4.78, 5) is 27.3. The lowest BCUT2D eigenvalue weighted by Gasteiger charge is -2.30. The van der Waals surface area contributed by atoms with Crippen LogP contribution in [-0.2, 0) is 15.7 Å². The van der Waals surface area contributed by atoms with E-state index in [1.54, 1.807) is 6.92 Å². The van der Waals surface area contributed by atoms with E-state index in [0.29, 0.717) is 11.4 Å². The van der Waals surface area contributed by atoms with Gasteiger partial charge in [-0.3, -0.25) is 4.79 Å². The van der Waals surface area contributed by atoms with Gasteiger partial charge in [0, 0.05) is 11.9 Å². The summed E-state index contributed by atoms with van der Waals surface area (Å²) in [5, 5.41) is 2.92. The number of H-pyrrole nitrogens is 1. The number of hydrogen-bond acceptors (Lipinski definition) is 5. The second kappa shape index (κ2) is 8.25. The van der Waals surface area contributed by atoms with Gasteiger partial charge in [0.15, 0.2) is 0 Å². The van der Waals surface area contributed by atoms with E-state index in [-0.39, 0.29) is 29.4 Å². The summed E-state index contributed by atoms with van der Waals surface area (Å²) in [6.45, 7) is 5.30. The van der Waals surface area contributed by atoms with E-state index in [0.717, 1.165) is 6.07 Å². The quantitative estimate of drug-likeness (QED) is 0.679. The fraction of sp³-hybridized carbons (Fsp3) is 0.333. The number of nitrogens with one attached hydrogen (secondary N) is 2. The molecule has 1 aromatic carbocycles. The average Bonchev–Trinajstić information content (AvgIpc) is 2.67. The molecule has 1 aliphatic rings. The summed E-state index contributed by atoms with van der Waals surface area (Å²) in [6.07, 6.45) is -4.33. The average molecular weight is 422 g/mol. The highest BCUT2D eigenvalue weighted by atomic mass is 19.4.